The summed E-state index contributed by atoms with van der Waals surface area (Å²) in [6.07, 6.45) is 3.59. The van der Waals surface area contributed by atoms with Crippen molar-refractivity contribution in [3.8, 4) is 11.3 Å². The predicted octanol–water partition coefficient (Wildman–Crippen LogP) is 2.94. The number of fused-ring (bicyclic) bond motifs is 1. The number of imidazole rings is 1. The molecule has 104 valence electrons. The summed E-state index contributed by atoms with van der Waals surface area (Å²) >= 11 is 5.89. The number of benzene rings is 1. The summed E-state index contributed by atoms with van der Waals surface area (Å²) in [5.41, 5.74) is 1.95. The van der Waals surface area contributed by atoms with Crippen LogP contribution in [0.1, 0.15) is 12.2 Å². The Bertz CT molecular complexity index is 634. The van der Waals surface area contributed by atoms with Gasteiger partial charge in [-0.2, -0.15) is 0 Å². The van der Waals surface area contributed by atoms with Crippen LogP contribution in [0.5, 0.6) is 0 Å². The van der Waals surface area contributed by atoms with Gasteiger partial charge < -0.3 is 9.30 Å². The highest BCUT2D eigenvalue weighted by atomic mass is 35.5. The van der Waals surface area contributed by atoms with Crippen LogP contribution in [-0.2, 0) is 22.5 Å². The number of hydrogen-bond acceptors (Lipinski definition) is 3. The molecule has 1 atom stereocenters. The summed E-state index contributed by atoms with van der Waals surface area (Å²) in [6.45, 7) is 0.641. The molecule has 0 N–H and O–H groups in total. The Morgan fingerprint density at radius 1 is 1.40 bits per heavy atom. The van der Waals surface area contributed by atoms with Gasteiger partial charge in [0.15, 0.2) is 0 Å². The van der Waals surface area contributed by atoms with Crippen LogP contribution in [0, 0.1) is 5.92 Å². The number of nitrogens with zero attached hydrogens (tertiary/aromatic N) is 2. The van der Waals surface area contributed by atoms with Gasteiger partial charge in [-0.05, 0) is 18.6 Å². The van der Waals surface area contributed by atoms with Crippen LogP contribution in [0.2, 0.25) is 5.02 Å². The second-order valence-corrected chi connectivity index (χ2v) is 5.40. The fourth-order valence-corrected chi connectivity index (χ4v) is 2.69. The fourth-order valence-electron chi connectivity index (χ4n) is 2.56. The molecule has 1 aliphatic rings. The van der Waals surface area contributed by atoms with E-state index in [2.05, 4.69) is 9.55 Å². The van der Waals surface area contributed by atoms with Crippen LogP contribution >= 0.6 is 11.6 Å². The van der Waals surface area contributed by atoms with Crippen LogP contribution in [-0.4, -0.2) is 22.6 Å². The van der Waals surface area contributed by atoms with Crippen molar-refractivity contribution in [3.63, 3.8) is 0 Å². The molecule has 0 saturated carbocycles. The van der Waals surface area contributed by atoms with Crippen molar-refractivity contribution in [1.82, 2.24) is 9.55 Å². The molecular formula is C15H15ClN2O2. The Morgan fingerprint density at radius 3 is 2.85 bits per heavy atom. The van der Waals surface area contributed by atoms with Gasteiger partial charge in [0, 0.05) is 29.7 Å². The average Bonchev–Trinajstić information content (AvgIpc) is 2.90. The molecule has 0 radical (unpaired) electrons. The molecule has 2 heterocycles. The number of carbonyl (C=O) groups is 1. The number of aromatic nitrogens is 2. The number of hydrogen-bond donors (Lipinski definition) is 0. The third kappa shape index (κ3) is 2.43. The minimum absolute atomic E-state index is 0.0697. The van der Waals surface area contributed by atoms with Crippen molar-refractivity contribution in [3.05, 3.63) is 41.3 Å². The fraction of sp³-hybridized carbons (Fsp3) is 0.333. The molecule has 1 aromatic heterocycles. The zero-order valence-corrected chi connectivity index (χ0v) is 11.9. The van der Waals surface area contributed by atoms with E-state index in [0.717, 1.165) is 29.9 Å². The van der Waals surface area contributed by atoms with Crippen LogP contribution in [0.25, 0.3) is 11.3 Å². The maximum absolute atomic E-state index is 11.6. The van der Waals surface area contributed by atoms with Crippen LogP contribution in [0.15, 0.2) is 30.5 Å². The lowest BCUT2D eigenvalue weighted by atomic mass is 10.00. The number of halogens is 1. The van der Waals surface area contributed by atoms with E-state index in [1.807, 2.05) is 30.5 Å². The largest absolute Gasteiger partial charge is 0.469 e. The molecular weight excluding hydrogens is 276 g/mol. The molecule has 0 amide bonds. The Hall–Kier alpha value is -1.81. The van der Waals surface area contributed by atoms with E-state index in [-0.39, 0.29) is 11.9 Å². The lowest BCUT2D eigenvalue weighted by Gasteiger charge is -2.21. The molecule has 0 fully saturated rings. The van der Waals surface area contributed by atoms with Crippen molar-refractivity contribution in [2.45, 2.75) is 19.4 Å². The second kappa shape index (κ2) is 5.29. The molecule has 5 heteroatoms. The molecule has 2 aromatic rings. The smallest absolute Gasteiger partial charge is 0.310 e. The number of esters is 1. The Labute approximate surface area is 122 Å². The highest BCUT2D eigenvalue weighted by molar-refractivity contribution is 6.30. The number of ether oxygens (including phenoxy) is 1. The first-order valence-electron chi connectivity index (χ1n) is 6.57. The van der Waals surface area contributed by atoms with Crippen molar-refractivity contribution in [1.29, 1.82) is 0 Å². The van der Waals surface area contributed by atoms with Gasteiger partial charge in [-0.15, -0.1) is 0 Å². The van der Waals surface area contributed by atoms with Gasteiger partial charge in [-0.3, -0.25) is 4.79 Å². The summed E-state index contributed by atoms with van der Waals surface area (Å²) < 4.78 is 6.87. The van der Waals surface area contributed by atoms with E-state index < -0.39 is 0 Å². The standard InChI is InChI=1S/C15H15ClN2O2/c1-20-15(19)11-4-7-14-17-13(9-18(14)8-11)10-2-5-12(16)6-3-10/h2-3,5-6,9,11H,4,7-8H2,1H3. The van der Waals surface area contributed by atoms with Crippen LogP contribution in [0.3, 0.4) is 0 Å². The van der Waals surface area contributed by atoms with E-state index in [0.29, 0.717) is 11.6 Å². The Morgan fingerprint density at radius 2 is 2.15 bits per heavy atom. The zero-order valence-electron chi connectivity index (χ0n) is 11.2. The maximum Gasteiger partial charge on any atom is 0.310 e. The van der Waals surface area contributed by atoms with Gasteiger partial charge in [-0.1, -0.05) is 23.7 Å². The molecule has 1 unspecified atom stereocenters. The number of aryl methyl sites for hydroxylation is 1. The van der Waals surface area contributed by atoms with Gasteiger partial charge in [0.2, 0.25) is 0 Å². The lowest BCUT2D eigenvalue weighted by Crippen LogP contribution is -2.27. The highest BCUT2D eigenvalue weighted by Crippen LogP contribution is 2.26. The van der Waals surface area contributed by atoms with E-state index in [9.17, 15) is 4.79 Å². The predicted molar refractivity (Wildman–Crippen MR) is 76.5 cm³/mol. The first kappa shape index (κ1) is 13.2. The normalized spacial score (nSPS) is 17.6. The lowest BCUT2D eigenvalue weighted by molar-refractivity contribution is -0.146. The number of carbonyl (C=O) groups excluding carboxylic acids is 1. The highest BCUT2D eigenvalue weighted by Gasteiger charge is 2.26. The van der Waals surface area contributed by atoms with E-state index in [4.69, 9.17) is 16.3 Å². The first-order chi connectivity index (χ1) is 9.67. The van der Waals surface area contributed by atoms with Crippen molar-refractivity contribution in [2.24, 2.45) is 5.92 Å². The third-order valence-corrected chi connectivity index (χ3v) is 3.92. The molecule has 1 aliphatic heterocycles. The van der Waals surface area contributed by atoms with Crippen molar-refractivity contribution < 1.29 is 9.53 Å². The minimum Gasteiger partial charge on any atom is -0.469 e. The van der Waals surface area contributed by atoms with Gasteiger partial charge in [0.25, 0.3) is 0 Å². The van der Waals surface area contributed by atoms with E-state index >= 15 is 0 Å². The molecule has 3 rings (SSSR count). The Balaban J connectivity index is 1.86. The van der Waals surface area contributed by atoms with Crippen molar-refractivity contribution >= 4 is 17.6 Å². The van der Waals surface area contributed by atoms with Crippen LogP contribution < -0.4 is 0 Å². The molecule has 1 aromatic carbocycles. The quantitative estimate of drug-likeness (QED) is 0.799. The summed E-state index contributed by atoms with van der Waals surface area (Å²) in [7, 11) is 1.44. The maximum atomic E-state index is 11.6. The number of rotatable bonds is 2. The molecule has 0 bridgehead atoms. The summed E-state index contributed by atoms with van der Waals surface area (Å²) in [4.78, 5) is 16.3. The summed E-state index contributed by atoms with van der Waals surface area (Å²) in [5.74, 6) is 0.812. The molecule has 20 heavy (non-hydrogen) atoms. The summed E-state index contributed by atoms with van der Waals surface area (Å²) in [5, 5.41) is 0.712. The van der Waals surface area contributed by atoms with Gasteiger partial charge >= 0.3 is 5.97 Å². The number of methoxy groups -OCH3 is 1. The SMILES string of the molecule is COC(=O)C1CCc2nc(-c3ccc(Cl)cc3)cn2C1. The van der Waals surface area contributed by atoms with Gasteiger partial charge in [-0.25, -0.2) is 4.98 Å². The van der Waals surface area contributed by atoms with E-state index in [1.54, 1.807) is 0 Å². The minimum atomic E-state index is -0.141. The average molecular weight is 291 g/mol. The van der Waals surface area contributed by atoms with Gasteiger partial charge in [0.1, 0.15) is 5.82 Å². The second-order valence-electron chi connectivity index (χ2n) is 4.96. The first-order valence-corrected chi connectivity index (χ1v) is 6.95. The monoisotopic (exact) mass is 290 g/mol. The zero-order chi connectivity index (χ0) is 14.1. The van der Waals surface area contributed by atoms with Crippen LogP contribution in [0.4, 0.5) is 0 Å². The molecule has 0 saturated heterocycles. The molecule has 0 spiro atoms. The van der Waals surface area contributed by atoms with Crippen molar-refractivity contribution in [2.75, 3.05) is 7.11 Å². The Kier molecular flexibility index (Phi) is 3.49. The molecule has 0 aliphatic carbocycles. The van der Waals surface area contributed by atoms with Gasteiger partial charge in [0.05, 0.1) is 18.7 Å². The molecule has 4 nitrogen and oxygen atoms in total. The van der Waals surface area contributed by atoms with E-state index in [1.165, 1.54) is 7.11 Å². The topological polar surface area (TPSA) is 44.1 Å². The third-order valence-electron chi connectivity index (χ3n) is 3.67. The summed E-state index contributed by atoms with van der Waals surface area (Å²) in [6, 6.07) is 7.61.